The summed E-state index contributed by atoms with van der Waals surface area (Å²) in [7, 11) is 1.46. The first kappa shape index (κ1) is 19.9. The van der Waals surface area contributed by atoms with Crippen LogP contribution in [0.2, 0.25) is 5.02 Å². The van der Waals surface area contributed by atoms with E-state index in [9.17, 15) is 18.0 Å². The maximum absolute atomic E-state index is 13.1. The van der Waals surface area contributed by atoms with Gasteiger partial charge in [0.2, 0.25) is 0 Å². The van der Waals surface area contributed by atoms with Gasteiger partial charge < -0.3 is 4.90 Å². The van der Waals surface area contributed by atoms with Gasteiger partial charge in [-0.3, -0.25) is 9.48 Å². The molecule has 0 aliphatic heterocycles. The van der Waals surface area contributed by atoms with Gasteiger partial charge in [-0.25, -0.2) is 0 Å². The molecule has 0 fully saturated rings. The van der Waals surface area contributed by atoms with E-state index in [1.54, 1.807) is 16.9 Å². The molecule has 1 amide bonds. The molecular formula is C20H17ClF3N3O. The minimum Gasteiger partial charge on any atom is -0.337 e. The van der Waals surface area contributed by atoms with E-state index in [1.807, 2.05) is 18.2 Å². The van der Waals surface area contributed by atoms with E-state index in [-0.39, 0.29) is 12.1 Å². The Balaban J connectivity index is 1.73. The summed E-state index contributed by atoms with van der Waals surface area (Å²) in [4.78, 5) is 13.8. The van der Waals surface area contributed by atoms with Crippen LogP contribution in [0.15, 0.2) is 60.9 Å². The second-order valence-electron chi connectivity index (χ2n) is 6.33. The van der Waals surface area contributed by atoms with Crippen molar-refractivity contribution in [1.29, 1.82) is 0 Å². The number of carbonyl (C=O) groups is 1. The van der Waals surface area contributed by atoms with Crippen molar-refractivity contribution >= 4 is 17.5 Å². The Kier molecular flexibility index (Phi) is 5.74. The van der Waals surface area contributed by atoms with Gasteiger partial charge in [0, 0.05) is 24.8 Å². The predicted octanol–water partition coefficient (Wildman–Crippen LogP) is 4.88. The van der Waals surface area contributed by atoms with E-state index in [4.69, 9.17) is 11.6 Å². The van der Waals surface area contributed by atoms with Crippen molar-refractivity contribution in [3.05, 3.63) is 88.2 Å². The number of hydrogen-bond acceptors (Lipinski definition) is 2. The molecule has 0 atom stereocenters. The highest BCUT2D eigenvalue weighted by atomic mass is 35.5. The van der Waals surface area contributed by atoms with Crippen molar-refractivity contribution in [2.75, 3.05) is 7.05 Å². The SMILES string of the molecule is CN(Cc1ccccc1C(F)(F)F)C(=O)c1cnn(Cc2ccccc2Cl)c1. The van der Waals surface area contributed by atoms with Crippen LogP contribution in [0.5, 0.6) is 0 Å². The van der Waals surface area contributed by atoms with Crippen LogP contribution in [0.3, 0.4) is 0 Å². The summed E-state index contributed by atoms with van der Waals surface area (Å²) >= 11 is 6.13. The summed E-state index contributed by atoms with van der Waals surface area (Å²) in [6.45, 7) is 0.220. The van der Waals surface area contributed by atoms with Gasteiger partial charge in [-0.2, -0.15) is 18.3 Å². The third-order valence-corrected chi connectivity index (χ3v) is 4.62. The first-order chi connectivity index (χ1) is 13.3. The van der Waals surface area contributed by atoms with Crippen molar-refractivity contribution in [2.24, 2.45) is 0 Å². The average molecular weight is 408 g/mol. The molecule has 0 saturated carbocycles. The van der Waals surface area contributed by atoms with Crippen LogP contribution in [0.25, 0.3) is 0 Å². The molecule has 0 spiro atoms. The van der Waals surface area contributed by atoms with Crippen LogP contribution in [0.4, 0.5) is 13.2 Å². The number of amides is 1. The molecule has 146 valence electrons. The third-order valence-electron chi connectivity index (χ3n) is 4.25. The van der Waals surface area contributed by atoms with Crippen molar-refractivity contribution in [3.63, 3.8) is 0 Å². The van der Waals surface area contributed by atoms with Gasteiger partial charge in [0.15, 0.2) is 0 Å². The first-order valence-corrected chi connectivity index (χ1v) is 8.80. The van der Waals surface area contributed by atoms with Crippen molar-refractivity contribution < 1.29 is 18.0 Å². The zero-order valence-corrected chi connectivity index (χ0v) is 15.7. The van der Waals surface area contributed by atoms with Crippen LogP contribution in [-0.2, 0) is 19.3 Å². The Hall–Kier alpha value is -2.80. The van der Waals surface area contributed by atoms with Crippen molar-refractivity contribution in [1.82, 2.24) is 14.7 Å². The molecular weight excluding hydrogens is 391 g/mol. The molecule has 0 radical (unpaired) electrons. The number of alkyl halides is 3. The van der Waals surface area contributed by atoms with Gasteiger partial charge in [0.25, 0.3) is 5.91 Å². The highest BCUT2D eigenvalue weighted by Crippen LogP contribution is 2.32. The van der Waals surface area contributed by atoms with Gasteiger partial charge in [-0.1, -0.05) is 48.0 Å². The van der Waals surface area contributed by atoms with E-state index in [1.165, 1.54) is 36.3 Å². The molecule has 0 unspecified atom stereocenters. The summed E-state index contributed by atoms with van der Waals surface area (Å²) in [5.41, 5.74) is 0.427. The third kappa shape index (κ3) is 4.54. The summed E-state index contributed by atoms with van der Waals surface area (Å²) in [6.07, 6.45) is -1.52. The zero-order valence-electron chi connectivity index (χ0n) is 14.9. The quantitative estimate of drug-likeness (QED) is 0.604. The first-order valence-electron chi connectivity index (χ1n) is 8.42. The molecule has 28 heavy (non-hydrogen) atoms. The average Bonchev–Trinajstić information content (AvgIpc) is 3.11. The summed E-state index contributed by atoms with van der Waals surface area (Å²) < 4.78 is 41.0. The van der Waals surface area contributed by atoms with Crippen LogP contribution in [0.1, 0.15) is 27.0 Å². The Labute approximate surface area is 165 Å². The van der Waals surface area contributed by atoms with Gasteiger partial charge in [0.05, 0.1) is 23.9 Å². The summed E-state index contributed by atoms with van der Waals surface area (Å²) in [6, 6.07) is 12.5. The van der Waals surface area contributed by atoms with Crippen LogP contribution in [-0.4, -0.2) is 27.6 Å². The number of benzene rings is 2. The number of hydrogen-bond donors (Lipinski definition) is 0. The van der Waals surface area contributed by atoms with Crippen LogP contribution >= 0.6 is 11.6 Å². The topological polar surface area (TPSA) is 38.1 Å². The minimum atomic E-state index is -4.47. The van der Waals surface area contributed by atoms with Gasteiger partial charge >= 0.3 is 6.18 Å². The van der Waals surface area contributed by atoms with E-state index < -0.39 is 17.6 Å². The minimum absolute atomic E-state index is 0.0364. The zero-order chi connectivity index (χ0) is 20.3. The Morgan fingerprint density at radius 3 is 2.43 bits per heavy atom. The van der Waals surface area contributed by atoms with Gasteiger partial charge in [-0.15, -0.1) is 0 Å². The second kappa shape index (κ2) is 8.06. The Bertz CT molecular complexity index is 985. The maximum atomic E-state index is 13.1. The molecule has 3 rings (SSSR count). The normalized spacial score (nSPS) is 11.5. The van der Waals surface area contributed by atoms with Crippen LogP contribution in [0, 0.1) is 0 Å². The number of nitrogens with zero attached hydrogens (tertiary/aromatic N) is 3. The lowest BCUT2D eigenvalue weighted by Crippen LogP contribution is -2.27. The monoisotopic (exact) mass is 407 g/mol. The molecule has 4 nitrogen and oxygen atoms in total. The molecule has 0 saturated heterocycles. The lowest BCUT2D eigenvalue weighted by molar-refractivity contribution is -0.138. The smallest absolute Gasteiger partial charge is 0.337 e. The van der Waals surface area contributed by atoms with Crippen molar-refractivity contribution in [3.8, 4) is 0 Å². The fourth-order valence-corrected chi connectivity index (χ4v) is 3.04. The number of halogens is 4. The Morgan fingerprint density at radius 2 is 1.75 bits per heavy atom. The lowest BCUT2D eigenvalue weighted by Gasteiger charge is -2.19. The molecule has 1 heterocycles. The molecule has 0 bridgehead atoms. The highest BCUT2D eigenvalue weighted by Gasteiger charge is 2.33. The standard InChI is InChI=1S/C20H17ClF3N3O/c1-26(11-14-6-2-4-8-17(14)20(22,23)24)19(28)16-10-25-27(13-16)12-15-7-3-5-9-18(15)21/h2-10,13H,11-12H2,1H3. The molecule has 0 aliphatic carbocycles. The van der Waals surface area contributed by atoms with Crippen molar-refractivity contribution in [2.45, 2.75) is 19.3 Å². The molecule has 3 aromatic rings. The molecule has 8 heteroatoms. The second-order valence-corrected chi connectivity index (χ2v) is 6.74. The fourth-order valence-electron chi connectivity index (χ4n) is 2.84. The van der Waals surface area contributed by atoms with Gasteiger partial charge in [0.1, 0.15) is 0 Å². The molecule has 1 aromatic heterocycles. The van der Waals surface area contributed by atoms with E-state index >= 15 is 0 Å². The number of rotatable bonds is 5. The fraction of sp³-hybridized carbons (Fsp3) is 0.200. The largest absolute Gasteiger partial charge is 0.416 e. The highest BCUT2D eigenvalue weighted by molar-refractivity contribution is 6.31. The Morgan fingerprint density at radius 1 is 1.11 bits per heavy atom. The molecule has 2 aromatic carbocycles. The van der Waals surface area contributed by atoms with E-state index in [0.29, 0.717) is 17.1 Å². The summed E-state index contributed by atoms with van der Waals surface area (Å²) in [5, 5.41) is 4.74. The van der Waals surface area contributed by atoms with Crippen LogP contribution < -0.4 is 0 Å². The summed E-state index contributed by atoms with van der Waals surface area (Å²) in [5.74, 6) is -0.414. The lowest BCUT2D eigenvalue weighted by atomic mass is 10.1. The van der Waals surface area contributed by atoms with Gasteiger partial charge in [-0.05, 0) is 23.3 Å². The number of carbonyl (C=O) groups excluding carboxylic acids is 1. The predicted molar refractivity (Wildman–Crippen MR) is 100 cm³/mol. The molecule has 0 aliphatic rings. The van der Waals surface area contributed by atoms with E-state index in [2.05, 4.69) is 5.10 Å². The molecule has 0 N–H and O–H groups in total. The van der Waals surface area contributed by atoms with E-state index in [0.717, 1.165) is 11.6 Å². The number of aromatic nitrogens is 2. The maximum Gasteiger partial charge on any atom is 0.416 e.